The van der Waals surface area contributed by atoms with Crippen molar-refractivity contribution >= 4 is 0 Å². The van der Waals surface area contributed by atoms with Crippen molar-refractivity contribution in [3.05, 3.63) is 26.3 Å². The third kappa shape index (κ3) is 226. The van der Waals surface area contributed by atoms with Crippen molar-refractivity contribution in [2.24, 2.45) is 0 Å². The van der Waals surface area contributed by atoms with Crippen LogP contribution in [0.4, 0.5) is 0 Å². The minimum Gasteiger partial charge on any atom is -0.106 e. The van der Waals surface area contributed by atoms with E-state index in [0.717, 1.165) is 0 Å². The second-order valence-electron chi connectivity index (χ2n) is 0. The normalized spacial score (nSPS) is 1.33. The van der Waals surface area contributed by atoms with Crippen LogP contribution in [0, 0.1) is 0 Å². The SMILES string of the molecule is C=C.C=C.[Fe].[Ni]. The van der Waals surface area contributed by atoms with E-state index in [2.05, 4.69) is 26.3 Å². The molecule has 0 aliphatic heterocycles. The fourth-order valence-electron chi connectivity index (χ4n) is 0. The minimum atomic E-state index is 0. The Hall–Kier alpha value is 0.493. The van der Waals surface area contributed by atoms with Gasteiger partial charge in [0.15, 0.2) is 0 Å². The molecule has 0 amide bonds. The summed E-state index contributed by atoms with van der Waals surface area (Å²) in [4.78, 5) is 0. The van der Waals surface area contributed by atoms with Crippen LogP contribution >= 0.6 is 0 Å². The van der Waals surface area contributed by atoms with Gasteiger partial charge in [-0.1, -0.05) is 0 Å². The van der Waals surface area contributed by atoms with Gasteiger partial charge in [-0.15, -0.1) is 26.3 Å². The molecule has 0 aromatic carbocycles. The molecule has 0 aliphatic rings. The van der Waals surface area contributed by atoms with Gasteiger partial charge in [0.05, 0.1) is 0 Å². The Labute approximate surface area is 60.1 Å². The molecule has 0 saturated carbocycles. The largest absolute Gasteiger partial charge is 0.106 e. The van der Waals surface area contributed by atoms with Gasteiger partial charge in [-0.3, -0.25) is 0 Å². The number of hydrogen-bond acceptors (Lipinski definition) is 0. The fraction of sp³-hybridized carbons (Fsp3) is 0. The Balaban J connectivity index is -0.00000000500. The van der Waals surface area contributed by atoms with Crippen LogP contribution in [0.1, 0.15) is 0 Å². The Morgan fingerprint density at radius 3 is 0.667 bits per heavy atom. The summed E-state index contributed by atoms with van der Waals surface area (Å²) in [6, 6.07) is 0. The molecule has 0 aromatic heterocycles. The molecule has 0 spiro atoms. The maximum atomic E-state index is 3.00. The fourth-order valence-corrected chi connectivity index (χ4v) is 0. The van der Waals surface area contributed by atoms with Gasteiger partial charge in [0, 0.05) is 33.6 Å². The molecule has 0 nitrogen and oxygen atoms in total. The van der Waals surface area contributed by atoms with Gasteiger partial charge < -0.3 is 0 Å². The molecular formula is C4H8FeNi. The van der Waals surface area contributed by atoms with Gasteiger partial charge in [0.2, 0.25) is 0 Å². The maximum Gasteiger partial charge on any atom is 0 e. The van der Waals surface area contributed by atoms with Crippen molar-refractivity contribution in [2.75, 3.05) is 0 Å². The average Bonchev–Trinajstić information content (AvgIpc) is 1.50. The molecule has 6 heavy (non-hydrogen) atoms. The Bertz CT molecular complexity index is 9.51. The molecule has 0 atom stereocenters. The minimum absolute atomic E-state index is 0. The molecule has 0 rings (SSSR count). The Morgan fingerprint density at radius 1 is 0.667 bits per heavy atom. The van der Waals surface area contributed by atoms with Crippen LogP contribution in [0.5, 0.6) is 0 Å². The van der Waals surface area contributed by atoms with Crippen molar-refractivity contribution in [2.45, 2.75) is 0 Å². The first kappa shape index (κ1) is 31.5. The summed E-state index contributed by atoms with van der Waals surface area (Å²) in [6.45, 7) is 12.0. The number of rotatable bonds is 0. The van der Waals surface area contributed by atoms with Gasteiger partial charge in [-0.2, -0.15) is 0 Å². The van der Waals surface area contributed by atoms with E-state index in [1.807, 2.05) is 0 Å². The van der Waals surface area contributed by atoms with Crippen LogP contribution in [-0.2, 0) is 33.6 Å². The first-order valence-corrected chi connectivity index (χ1v) is 1.000. The standard InChI is InChI=1S/2C2H4.Fe.Ni/c2*1-2;;/h2*1-2H2;;. The van der Waals surface area contributed by atoms with E-state index < -0.39 is 0 Å². The second kappa shape index (κ2) is 456. The molecule has 0 unspecified atom stereocenters. The number of hydrogen-bond donors (Lipinski definition) is 0. The molecule has 2 heteroatoms. The molecule has 0 radical (unpaired) electrons. The van der Waals surface area contributed by atoms with Crippen molar-refractivity contribution in [3.63, 3.8) is 0 Å². The molecule has 42 valence electrons. The zero-order chi connectivity index (χ0) is 4.00. The van der Waals surface area contributed by atoms with Crippen LogP contribution in [0.15, 0.2) is 26.3 Å². The molecular weight excluding hydrogens is 163 g/mol. The van der Waals surface area contributed by atoms with Gasteiger partial charge in [0.25, 0.3) is 0 Å². The van der Waals surface area contributed by atoms with Crippen LogP contribution < -0.4 is 0 Å². The molecule has 0 fully saturated rings. The predicted molar refractivity (Wildman–Crippen MR) is 22.5 cm³/mol. The van der Waals surface area contributed by atoms with Gasteiger partial charge >= 0.3 is 0 Å². The predicted octanol–water partition coefficient (Wildman–Crippen LogP) is 1.60. The molecule has 0 bridgehead atoms. The van der Waals surface area contributed by atoms with E-state index >= 15 is 0 Å². The van der Waals surface area contributed by atoms with Crippen LogP contribution in [-0.4, -0.2) is 0 Å². The third-order valence-electron chi connectivity index (χ3n) is 0. The Kier molecular flexibility index (Phi) is 2400. The van der Waals surface area contributed by atoms with Crippen LogP contribution in [0.2, 0.25) is 0 Å². The molecule has 0 heterocycles. The summed E-state index contributed by atoms with van der Waals surface area (Å²) < 4.78 is 0. The average molecular weight is 171 g/mol. The van der Waals surface area contributed by atoms with Crippen LogP contribution in [0.25, 0.3) is 0 Å². The molecule has 0 saturated heterocycles. The zero-order valence-electron chi connectivity index (χ0n) is 3.50. The van der Waals surface area contributed by atoms with E-state index in [9.17, 15) is 0 Å². The van der Waals surface area contributed by atoms with E-state index in [-0.39, 0.29) is 33.6 Å². The van der Waals surface area contributed by atoms with Gasteiger partial charge in [-0.05, 0) is 0 Å². The van der Waals surface area contributed by atoms with Crippen molar-refractivity contribution in [3.8, 4) is 0 Å². The van der Waals surface area contributed by atoms with Crippen molar-refractivity contribution in [1.82, 2.24) is 0 Å². The maximum absolute atomic E-state index is 3.00. The summed E-state index contributed by atoms with van der Waals surface area (Å²) in [5.74, 6) is 0. The second-order valence-corrected chi connectivity index (χ2v) is 0. The third-order valence-corrected chi connectivity index (χ3v) is 0. The molecule has 0 aromatic rings. The first-order chi connectivity index (χ1) is 2.00. The monoisotopic (exact) mass is 170 g/mol. The molecule has 0 N–H and O–H groups in total. The van der Waals surface area contributed by atoms with E-state index in [4.69, 9.17) is 0 Å². The van der Waals surface area contributed by atoms with E-state index in [1.165, 1.54) is 0 Å². The van der Waals surface area contributed by atoms with Crippen LogP contribution in [0.3, 0.4) is 0 Å². The molecule has 0 aliphatic carbocycles. The zero-order valence-corrected chi connectivity index (χ0v) is 5.59. The summed E-state index contributed by atoms with van der Waals surface area (Å²) >= 11 is 0. The van der Waals surface area contributed by atoms with Crippen molar-refractivity contribution in [1.29, 1.82) is 0 Å². The summed E-state index contributed by atoms with van der Waals surface area (Å²) in [7, 11) is 0. The first-order valence-electron chi connectivity index (χ1n) is 1.000. The summed E-state index contributed by atoms with van der Waals surface area (Å²) in [5.41, 5.74) is 0. The van der Waals surface area contributed by atoms with Gasteiger partial charge in [0.1, 0.15) is 0 Å². The van der Waals surface area contributed by atoms with E-state index in [1.54, 1.807) is 0 Å². The topological polar surface area (TPSA) is 0 Å². The smallest absolute Gasteiger partial charge is 0 e. The van der Waals surface area contributed by atoms with E-state index in [0.29, 0.717) is 0 Å². The summed E-state index contributed by atoms with van der Waals surface area (Å²) in [6.07, 6.45) is 0. The summed E-state index contributed by atoms with van der Waals surface area (Å²) in [5, 5.41) is 0. The quantitative estimate of drug-likeness (QED) is 0.383. The Morgan fingerprint density at radius 2 is 0.667 bits per heavy atom. The van der Waals surface area contributed by atoms with Gasteiger partial charge in [-0.25, -0.2) is 0 Å². The van der Waals surface area contributed by atoms with Crippen molar-refractivity contribution < 1.29 is 33.6 Å².